The molecule has 1 aromatic carbocycles. The van der Waals surface area contributed by atoms with E-state index in [0.717, 1.165) is 15.9 Å². The summed E-state index contributed by atoms with van der Waals surface area (Å²) in [6.07, 6.45) is 0. The summed E-state index contributed by atoms with van der Waals surface area (Å²) in [4.78, 5) is 4.25. The molecule has 1 aromatic rings. The normalized spacial score (nSPS) is 11.6. The van der Waals surface area contributed by atoms with Crippen LogP contribution in [0.2, 0.25) is 0 Å². The zero-order valence-corrected chi connectivity index (χ0v) is 9.93. The molecule has 0 fully saturated rings. The second kappa shape index (κ2) is 5.12. The Hall–Kier alpha value is -0.870. The molecule has 76 valence electrons. The van der Waals surface area contributed by atoms with Crippen molar-refractivity contribution in [1.29, 1.82) is 0 Å². The van der Waals surface area contributed by atoms with Gasteiger partial charge in [-0.3, -0.25) is 4.99 Å². The minimum absolute atomic E-state index is 0.713. The van der Waals surface area contributed by atoms with Crippen molar-refractivity contribution in [2.45, 2.75) is 13.8 Å². The van der Waals surface area contributed by atoms with E-state index < -0.39 is 0 Å². The highest BCUT2D eigenvalue weighted by atomic mass is 79.9. The lowest BCUT2D eigenvalue weighted by molar-refractivity contribution is 0.991. The van der Waals surface area contributed by atoms with Crippen molar-refractivity contribution in [3.05, 3.63) is 33.8 Å². The highest BCUT2D eigenvalue weighted by molar-refractivity contribution is 9.10. The Morgan fingerprint density at radius 1 is 1.50 bits per heavy atom. The van der Waals surface area contributed by atoms with Crippen LogP contribution in [0.15, 0.2) is 27.7 Å². The molecule has 1 rings (SSSR count). The molecule has 0 spiro atoms. The molecule has 4 heteroatoms. The zero-order chi connectivity index (χ0) is 10.6. The van der Waals surface area contributed by atoms with Gasteiger partial charge in [-0.1, -0.05) is 15.9 Å². The van der Waals surface area contributed by atoms with Gasteiger partial charge in [0.25, 0.3) is 0 Å². The van der Waals surface area contributed by atoms with E-state index in [2.05, 4.69) is 26.3 Å². The van der Waals surface area contributed by atoms with E-state index in [1.54, 1.807) is 0 Å². The third kappa shape index (κ3) is 2.82. The van der Waals surface area contributed by atoms with Gasteiger partial charge in [-0.05, 0) is 37.6 Å². The molecule has 0 bridgehead atoms. The van der Waals surface area contributed by atoms with Crippen LogP contribution >= 0.6 is 15.9 Å². The number of nitrogens with zero attached hydrogens (tertiary/aromatic N) is 1. The average Bonchev–Trinajstić information content (AvgIpc) is 2.12. The second-order valence-corrected chi connectivity index (χ2v) is 3.90. The van der Waals surface area contributed by atoms with Crippen molar-refractivity contribution in [1.82, 2.24) is 5.43 Å². The molecule has 0 saturated carbocycles. The summed E-state index contributed by atoms with van der Waals surface area (Å²) in [6, 6.07) is 6.07. The average molecular weight is 256 g/mol. The van der Waals surface area contributed by atoms with Crippen molar-refractivity contribution in [3.8, 4) is 0 Å². The van der Waals surface area contributed by atoms with Crippen LogP contribution < -0.4 is 11.3 Å². The summed E-state index contributed by atoms with van der Waals surface area (Å²) < 4.78 is 1.03. The Balaban J connectivity index is 3.10. The molecule has 0 aliphatic heterocycles. The van der Waals surface area contributed by atoms with Gasteiger partial charge in [0.05, 0.1) is 0 Å². The maximum atomic E-state index is 5.39. The third-order valence-corrected chi connectivity index (χ3v) is 2.23. The van der Waals surface area contributed by atoms with Gasteiger partial charge < -0.3 is 5.43 Å². The molecular weight excluding hydrogens is 242 g/mol. The molecule has 0 aromatic heterocycles. The lowest BCUT2D eigenvalue weighted by Gasteiger charge is -2.07. The first-order valence-electron chi connectivity index (χ1n) is 4.46. The maximum Gasteiger partial charge on any atom is 0.142 e. The molecule has 0 heterocycles. The fraction of sp³-hybridized carbons (Fsp3) is 0.300. The number of aliphatic imine (C=N–C) groups is 1. The van der Waals surface area contributed by atoms with E-state index >= 15 is 0 Å². The lowest BCUT2D eigenvalue weighted by Crippen LogP contribution is -2.31. The van der Waals surface area contributed by atoms with Crippen LogP contribution in [-0.2, 0) is 0 Å². The fourth-order valence-corrected chi connectivity index (χ4v) is 1.86. The van der Waals surface area contributed by atoms with Crippen molar-refractivity contribution in [2.75, 3.05) is 6.54 Å². The van der Waals surface area contributed by atoms with Crippen molar-refractivity contribution in [3.63, 3.8) is 0 Å². The van der Waals surface area contributed by atoms with Crippen molar-refractivity contribution < 1.29 is 0 Å². The van der Waals surface area contributed by atoms with Gasteiger partial charge in [-0.2, -0.15) is 0 Å². The quantitative estimate of drug-likeness (QED) is 0.368. The first-order valence-corrected chi connectivity index (χ1v) is 5.25. The molecule has 0 atom stereocenters. The smallest absolute Gasteiger partial charge is 0.142 e. The van der Waals surface area contributed by atoms with Gasteiger partial charge in [0.2, 0.25) is 0 Å². The number of amidine groups is 1. The number of hydrogen-bond acceptors (Lipinski definition) is 2. The molecule has 3 nitrogen and oxygen atoms in total. The zero-order valence-electron chi connectivity index (χ0n) is 8.34. The van der Waals surface area contributed by atoms with E-state index in [1.807, 2.05) is 32.0 Å². The maximum absolute atomic E-state index is 5.39. The molecule has 0 aliphatic carbocycles. The lowest BCUT2D eigenvalue weighted by atomic mass is 10.1. The van der Waals surface area contributed by atoms with Crippen molar-refractivity contribution >= 4 is 21.8 Å². The first kappa shape index (κ1) is 11.2. The SMILES string of the molecule is CCN=C(NN)c1cc(C)cc(Br)c1. The highest BCUT2D eigenvalue weighted by Gasteiger charge is 2.02. The predicted molar refractivity (Wildman–Crippen MR) is 63.3 cm³/mol. The standard InChI is InChI=1S/C10H14BrN3/c1-3-13-10(14-12)8-4-7(2)5-9(11)6-8/h4-6H,3,12H2,1-2H3,(H,13,14). The minimum atomic E-state index is 0.713. The molecule has 3 N–H and O–H groups in total. The molecule has 0 aliphatic rings. The molecule has 14 heavy (non-hydrogen) atoms. The van der Waals surface area contributed by atoms with Crippen LogP contribution in [0.4, 0.5) is 0 Å². The van der Waals surface area contributed by atoms with Crippen LogP contribution in [0.3, 0.4) is 0 Å². The summed E-state index contributed by atoms with van der Waals surface area (Å²) in [5, 5.41) is 0. The van der Waals surface area contributed by atoms with Gasteiger partial charge >= 0.3 is 0 Å². The first-order chi connectivity index (χ1) is 6.67. The molecule has 0 radical (unpaired) electrons. The minimum Gasteiger partial charge on any atom is -0.308 e. The Morgan fingerprint density at radius 3 is 2.71 bits per heavy atom. The largest absolute Gasteiger partial charge is 0.308 e. The number of nitrogens with one attached hydrogen (secondary N) is 1. The molecule has 0 amide bonds. The Morgan fingerprint density at radius 2 is 2.21 bits per heavy atom. The summed E-state index contributed by atoms with van der Waals surface area (Å²) >= 11 is 3.44. The van der Waals surface area contributed by atoms with E-state index in [1.165, 1.54) is 5.56 Å². The number of benzene rings is 1. The van der Waals surface area contributed by atoms with Gasteiger partial charge in [0.1, 0.15) is 5.84 Å². The Bertz CT molecular complexity index is 327. The second-order valence-electron chi connectivity index (χ2n) is 2.98. The third-order valence-electron chi connectivity index (χ3n) is 1.77. The Labute approximate surface area is 92.5 Å². The van der Waals surface area contributed by atoms with Crippen LogP contribution in [0.25, 0.3) is 0 Å². The number of aryl methyl sites for hydroxylation is 1. The van der Waals surface area contributed by atoms with Crippen LogP contribution in [0, 0.1) is 6.92 Å². The summed E-state index contributed by atoms with van der Waals surface area (Å²) in [5.74, 6) is 6.11. The fourth-order valence-electron chi connectivity index (χ4n) is 1.25. The predicted octanol–water partition coefficient (Wildman–Crippen LogP) is 1.99. The molecule has 0 saturated heterocycles. The van der Waals surface area contributed by atoms with Crippen molar-refractivity contribution in [2.24, 2.45) is 10.8 Å². The van der Waals surface area contributed by atoms with Gasteiger partial charge in [0.15, 0.2) is 0 Å². The molecule has 0 unspecified atom stereocenters. The summed E-state index contributed by atoms with van der Waals surface area (Å²) in [5.41, 5.74) is 4.78. The monoisotopic (exact) mass is 255 g/mol. The van der Waals surface area contributed by atoms with Crippen LogP contribution in [-0.4, -0.2) is 12.4 Å². The van der Waals surface area contributed by atoms with E-state index in [-0.39, 0.29) is 0 Å². The van der Waals surface area contributed by atoms with Crippen LogP contribution in [0.1, 0.15) is 18.1 Å². The molecular formula is C10H14BrN3. The summed E-state index contributed by atoms with van der Waals surface area (Å²) in [6.45, 7) is 4.72. The van der Waals surface area contributed by atoms with Gasteiger partial charge in [-0.15, -0.1) is 0 Å². The van der Waals surface area contributed by atoms with Gasteiger partial charge in [0, 0.05) is 16.6 Å². The van der Waals surface area contributed by atoms with E-state index in [4.69, 9.17) is 5.84 Å². The highest BCUT2D eigenvalue weighted by Crippen LogP contribution is 2.15. The van der Waals surface area contributed by atoms with E-state index in [9.17, 15) is 0 Å². The Kier molecular flexibility index (Phi) is 4.10. The number of hydrazine groups is 1. The summed E-state index contributed by atoms with van der Waals surface area (Å²) in [7, 11) is 0. The topological polar surface area (TPSA) is 50.4 Å². The van der Waals surface area contributed by atoms with Crippen LogP contribution in [0.5, 0.6) is 0 Å². The number of hydrogen-bond donors (Lipinski definition) is 2. The number of halogens is 1. The van der Waals surface area contributed by atoms with Gasteiger partial charge in [-0.25, -0.2) is 5.84 Å². The van der Waals surface area contributed by atoms with E-state index in [0.29, 0.717) is 6.54 Å². The number of rotatable bonds is 2. The number of nitrogens with two attached hydrogens (primary N) is 1.